The highest BCUT2D eigenvalue weighted by atomic mass is 16.5. The van der Waals surface area contributed by atoms with Gasteiger partial charge in [-0.3, -0.25) is 9.59 Å². The van der Waals surface area contributed by atoms with E-state index in [-0.39, 0.29) is 18.1 Å². The van der Waals surface area contributed by atoms with Crippen molar-refractivity contribution >= 4 is 11.9 Å². The third-order valence-corrected chi connectivity index (χ3v) is 2.92. The van der Waals surface area contributed by atoms with Crippen molar-refractivity contribution in [1.29, 1.82) is 0 Å². The summed E-state index contributed by atoms with van der Waals surface area (Å²) in [5, 5.41) is 15.1. The van der Waals surface area contributed by atoms with Crippen LogP contribution in [0.4, 0.5) is 0 Å². The lowest BCUT2D eigenvalue weighted by molar-refractivity contribution is -0.136. The largest absolute Gasteiger partial charge is 0.481 e. The Morgan fingerprint density at radius 2 is 2.05 bits per heavy atom. The SMILES string of the molecule is Cc1cc(C(=O)NCc2cccc(CCC(=O)O)c2)on1. The van der Waals surface area contributed by atoms with Crippen LogP contribution >= 0.6 is 0 Å². The monoisotopic (exact) mass is 288 g/mol. The first-order valence-corrected chi connectivity index (χ1v) is 6.56. The average Bonchev–Trinajstić information content (AvgIpc) is 2.90. The van der Waals surface area contributed by atoms with Gasteiger partial charge >= 0.3 is 5.97 Å². The predicted octanol–water partition coefficient (Wildman–Crippen LogP) is 1.93. The van der Waals surface area contributed by atoms with Gasteiger partial charge in [-0.1, -0.05) is 29.4 Å². The summed E-state index contributed by atoms with van der Waals surface area (Å²) >= 11 is 0. The number of carbonyl (C=O) groups is 2. The zero-order valence-electron chi connectivity index (χ0n) is 11.6. The van der Waals surface area contributed by atoms with E-state index in [1.165, 1.54) is 0 Å². The molecule has 2 N–H and O–H groups in total. The molecule has 21 heavy (non-hydrogen) atoms. The Balaban J connectivity index is 1.92. The van der Waals surface area contributed by atoms with Crippen molar-refractivity contribution in [2.24, 2.45) is 0 Å². The first-order chi connectivity index (χ1) is 10.0. The molecular weight excluding hydrogens is 272 g/mol. The van der Waals surface area contributed by atoms with Crippen LogP contribution < -0.4 is 5.32 Å². The van der Waals surface area contributed by atoms with Crippen LogP contribution in [0.15, 0.2) is 34.9 Å². The van der Waals surface area contributed by atoms with E-state index in [9.17, 15) is 9.59 Å². The van der Waals surface area contributed by atoms with Gasteiger partial charge in [-0.25, -0.2) is 0 Å². The van der Waals surface area contributed by atoms with Gasteiger partial charge in [0, 0.05) is 19.0 Å². The Bertz CT molecular complexity index is 649. The van der Waals surface area contributed by atoms with Gasteiger partial charge in [0.2, 0.25) is 5.76 Å². The fourth-order valence-electron chi connectivity index (χ4n) is 1.89. The minimum Gasteiger partial charge on any atom is -0.481 e. The molecule has 1 heterocycles. The normalized spacial score (nSPS) is 10.3. The van der Waals surface area contributed by atoms with Gasteiger partial charge in [0.25, 0.3) is 5.91 Å². The number of nitrogens with one attached hydrogen (secondary N) is 1. The summed E-state index contributed by atoms with van der Waals surface area (Å²) in [4.78, 5) is 22.4. The second-order valence-corrected chi connectivity index (χ2v) is 4.73. The number of rotatable bonds is 6. The number of carboxylic acid groups (broad SMARTS) is 1. The van der Waals surface area contributed by atoms with E-state index in [4.69, 9.17) is 9.63 Å². The van der Waals surface area contributed by atoms with E-state index in [0.717, 1.165) is 11.1 Å². The number of nitrogens with zero attached hydrogens (tertiary/aromatic N) is 1. The molecule has 0 saturated heterocycles. The Labute approximate surface area is 121 Å². The highest BCUT2D eigenvalue weighted by molar-refractivity contribution is 5.91. The van der Waals surface area contributed by atoms with Gasteiger partial charge in [-0.05, 0) is 24.5 Å². The van der Waals surface area contributed by atoms with Crippen LogP contribution in [0.25, 0.3) is 0 Å². The first-order valence-electron chi connectivity index (χ1n) is 6.56. The molecule has 0 unspecified atom stereocenters. The van der Waals surface area contributed by atoms with Gasteiger partial charge in [-0.2, -0.15) is 0 Å². The number of aliphatic carboxylic acids is 1. The van der Waals surface area contributed by atoms with Crippen LogP contribution in [-0.2, 0) is 17.8 Å². The molecule has 0 spiro atoms. The molecule has 0 aliphatic carbocycles. The maximum atomic E-state index is 11.8. The van der Waals surface area contributed by atoms with Gasteiger partial charge in [-0.15, -0.1) is 0 Å². The maximum Gasteiger partial charge on any atom is 0.303 e. The zero-order valence-corrected chi connectivity index (χ0v) is 11.6. The minimum atomic E-state index is -0.825. The summed E-state index contributed by atoms with van der Waals surface area (Å²) in [7, 11) is 0. The number of hydrogen-bond donors (Lipinski definition) is 2. The zero-order chi connectivity index (χ0) is 15.2. The minimum absolute atomic E-state index is 0.0904. The molecule has 6 heteroatoms. The Hall–Kier alpha value is -2.63. The molecule has 0 aliphatic rings. The number of aryl methyl sites for hydroxylation is 2. The molecule has 1 aromatic heterocycles. The van der Waals surface area contributed by atoms with Crippen molar-refractivity contribution in [2.45, 2.75) is 26.3 Å². The summed E-state index contributed by atoms with van der Waals surface area (Å²) in [6.07, 6.45) is 0.561. The summed E-state index contributed by atoms with van der Waals surface area (Å²) in [5.41, 5.74) is 2.48. The van der Waals surface area contributed by atoms with E-state index >= 15 is 0 Å². The van der Waals surface area contributed by atoms with Crippen molar-refractivity contribution in [3.8, 4) is 0 Å². The third-order valence-electron chi connectivity index (χ3n) is 2.92. The second-order valence-electron chi connectivity index (χ2n) is 4.73. The number of carboxylic acids is 1. The van der Waals surface area contributed by atoms with Gasteiger partial charge in [0.1, 0.15) is 0 Å². The Morgan fingerprint density at radius 3 is 2.71 bits per heavy atom. The van der Waals surface area contributed by atoms with Crippen LogP contribution in [0, 0.1) is 6.92 Å². The molecule has 110 valence electrons. The first kappa shape index (κ1) is 14.8. The molecule has 1 aromatic carbocycles. The lowest BCUT2D eigenvalue weighted by Gasteiger charge is -2.05. The van der Waals surface area contributed by atoms with Crippen molar-refractivity contribution in [3.63, 3.8) is 0 Å². The van der Waals surface area contributed by atoms with E-state index in [1.54, 1.807) is 13.0 Å². The number of hydrogen-bond acceptors (Lipinski definition) is 4. The Kier molecular flexibility index (Phi) is 4.71. The molecule has 6 nitrogen and oxygen atoms in total. The molecule has 0 radical (unpaired) electrons. The molecule has 0 aliphatic heterocycles. The van der Waals surface area contributed by atoms with Crippen molar-refractivity contribution in [3.05, 3.63) is 52.9 Å². The third kappa shape index (κ3) is 4.45. The maximum absolute atomic E-state index is 11.8. The highest BCUT2D eigenvalue weighted by Gasteiger charge is 2.11. The van der Waals surface area contributed by atoms with Crippen LogP contribution in [-0.4, -0.2) is 22.1 Å². The fraction of sp³-hybridized carbons (Fsp3) is 0.267. The lowest BCUT2D eigenvalue weighted by Crippen LogP contribution is -2.22. The van der Waals surface area contributed by atoms with Gasteiger partial charge in [0.15, 0.2) is 0 Å². The van der Waals surface area contributed by atoms with Crippen LogP contribution in [0.2, 0.25) is 0 Å². The quantitative estimate of drug-likeness (QED) is 0.847. The number of aromatic nitrogens is 1. The number of benzene rings is 1. The van der Waals surface area contributed by atoms with Crippen molar-refractivity contribution < 1.29 is 19.2 Å². The molecule has 0 fully saturated rings. The fourth-order valence-corrected chi connectivity index (χ4v) is 1.89. The molecule has 1 amide bonds. The summed E-state index contributed by atoms with van der Waals surface area (Å²) in [6.45, 7) is 2.09. The molecule has 0 bridgehead atoms. The van der Waals surface area contributed by atoms with E-state index in [0.29, 0.717) is 18.7 Å². The number of amides is 1. The van der Waals surface area contributed by atoms with E-state index in [2.05, 4.69) is 10.5 Å². The van der Waals surface area contributed by atoms with Gasteiger partial charge in [0.05, 0.1) is 5.69 Å². The standard InChI is InChI=1S/C15H16N2O4/c1-10-7-13(21-17-10)15(20)16-9-12-4-2-3-11(8-12)5-6-14(18)19/h2-4,7-8H,5-6,9H2,1H3,(H,16,20)(H,18,19). The van der Waals surface area contributed by atoms with Crippen molar-refractivity contribution in [2.75, 3.05) is 0 Å². The Morgan fingerprint density at radius 1 is 1.29 bits per heavy atom. The highest BCUT2D eigenvalue weighted by Crippen LogP contribution is 2.08. The van der Waals surface area contributed by atoms with E-state index in [1.807, 2.05) is 24.3 Å². The molecule has 0 saturated carbocycles. The van der Waals surface area contributed by atoms with Crippen LogP contribution in [0.1, 0.15) is 33.8 Å². The van der Waals surface area contributed by atoms with Crippen LogP contribution in [0.5, 0.6) is 0 Å². The van der Waals surface area contributed by atoms with Crippen LogP contribution in [0.3, 0.4) is 0 Å². The smallest absolute Gasteiger partial charge is 0.303 e. The molecule has 2 aromatic rings. The lowest BCUT2D eigenvalue weighted by atomic mass is 10.1. The predicted molar refractivity (Wildman–Crippen MR) is 74.8 cm³/mol. The van der Waals surface area contributed by atoms with Gasteiger partial charge < -0.3 is 14.9 Å². The molecular formula is C15H16N2O4. The van der Waals surface area contributed by atoms with Crippen molar-refractivity contribution in [1.82, 2.24) is 10.5 Å². The second kappa shape index (κ2) is 6.69. The number of carbonyl (C=O) groups excluding carboxylic acids is 1. The average molecular weight is 288 g/mol. The molecule has 0 atom stereocenters. The topological polar surface area (TPSA) is 92.4 Å². The molecule has 2 rings (SSSR count). The summed E-state index contributed by atoms with van der Waals surface area (Å²) < 4.78 is 4.88. The summed E-state index contributed by atoms with van der Waals surface area (Å²) in [6, 6.07) is 9.04. The van der Waals surface area contributed by atoms with E-state index < -0.39 is 5.97 Å². The summed E-state index contributed by atoms with van der Waals surface area (Å²) in [5.74, 6) is -0.976.